The minimum absolute atomic E-state index is 0.213. The average molecular weight is 284 g/mol. The van der Waals surface area contributed by atoms with Gasteiger partial charge in [-0.25, -0.2) is 4.79 Å². The number of amides is 1. The molecule has 0 aliphatic heterocycles. The second kappa shape index (κ2) is 7.79. The largest absolute Gasteiger partial charge is 0.467 e. The molecule has 0 aromatic heterocycles. The highest BCUT2D eigenvalue weighted by Gasteiger charge is 2.23. The molecule has 0 spiro atoms. The molecule has 0 radical (unpaired) electrons. The molecule has 1 aromatic rings. The van der Waals surface area contributed by atoms with Gasteiger partial charge in [-0.15, -0.1) is 11.6 Å². The van der Waals surface area contributed by atoms with Crippen molar-refractivity contribution in [2.45, 2.75) is 19.4 Å². The van der Waals surface area contributed by atoms with Crippen LogP contribution >= 0.6 is 11.6 Å². The Labute approximate surface area is 118 Å². The second-order valence-electron chi connectivity index (χ2n) is 4.33. The van der Waals surface area contributed by atoms with E-state index in [0.717, 1.165) is 5.56 Å². The predicted octanol–water partition coefficient (Wildman–Crippen LogP) is 1.76. The summed E-state index contributed by atoms with van der Waals surface area (Å²) < 4.78 is 4.71. The minimum atomic E-state index is -0.689. The van der Waals surface area contributed by atoms with Gasteiger partial charge in [-0.1, -0.05) is 37.3 Å². The van der Waals surface area contributed by atoms with Crippen molar-refractivity contribution in [3.8, 4) is 0 Å². The molecule has 1 aromatic carbocycles. The Morgan fingerprint density at radius 1 is 1.32 bits per heavy atom. The molecule has 0 fully saturated rings. The number of halogens is 1. The van der Waals surface area contributed by atoms with Crippen LogP contribution in [0.15, 0.2) is 30.3 Å². The van der Waals surface area contributed by atoms with Gasteiger partial charge in [-0.2, -0.15) is 0 Å². The van der Waals surface area contributed by atoms with Crippen LogP contribution in [0.2, 0.25) is 0 Å². The van der Waals surface area contributed by atoms with Crippen molar-refractivity contribution < 1.29 is 14.3 Å². The van der Waals surface area contributed by atoms with E-state index in [9.17, 15) is 9.59 Å². The third-order valence-electron chi connectivity index (χ3n) is 2.76. The van der Waals surface area contributed by atoms with Crippen LogP contribution in [0.1, 0.15) is 12.5 Å². The van der Waals surface area contributed by atoms with Gasteiger partial charge < -0.3 is 10.1 Å². The van der Waals surface area contributed by atoms with Gasteiger partial charge in [0.2, 0.25) is 5.91 Å². The zero-order chi connectivity index (χ0) is 14.3. The Kier molecular flexibility index (Phi) is 6.36. The number of ether oxygens (including phenoxy) is 1. The summed E-state index contributed by atoms with van der Waals surface area (Å²) in [5.41, 5.74) is 0.955. The topological polar surface area (TPSA) is 55.4 Å². The van der Waals surface area contributed by atoms with Crippen molar-refractivity contribution in [3.05, 3.63) is 35.9 Å². The van der Waals surface area contributed by atoms with Crippen molar-refractivity contribution in [2.24, 2.45) is 5.92 Å². The molecule has 19 heavy (non-hydrogen) atoms. The van der Waals surface area contributed by atoms with E-state index < -0.39 is 12.0 Å². The molecule has 4 nitrogen and oxygen atoms in total. The van der Waals surface area contributed by atoms with E-state index in [0.29, 0.717) is 6.42 Å². The van der Waals surface area contributed by atoms with E-state index >= 15 is 0 Å². The van der Waals surface area contributed by atoms with E-state index in [-0.39, 0.29) is 17.7 Å². The number of alkyl halides is 1. The molecule has 104 valence electrons. The first-order chi connectivity index (χ1) is 9.08. The second-order valence-corrected chi connectivity index (χ2v) is 4.64. The Morgan fingerprint density at radius 2 is 1.95 bits per heavy atom. The van der Waals surface area contributed by atoms with Gasteiger partial charge in [0, 0.05) is 18.2 Å². The molecule has 2 unspecified atom stereocenters. The van der Waals surface area contributed by atoms with Crippen LogP contribution in [0.3, 0.4) is 0 Å². The van der Waals surface area contributed by atoms with E-state index in [1.807, 2.05) is 30.3 Å². The third kappa shape index (κ3) is 4.91. The Balaban J connectivity index is 2.73. The maximum absolute atomic E-state index is 11.8. The molecule has 0 bridgehead atoms. The summed E-state index contributed by atoms with van der Waals surface area (Å²) in [7, 11) is 1.30. The number of methoxy groups -OCH3 is 1. The fourth-order valence-corrected chi connectivity index (χ4v) is 1.71. The summed E-state index contributed by atoms with van der Waals surface area (Å²) in [6, 6.07) is 8.76. The molecule has 5 heteroatoms. The molecular formula is C14H18ClNO3. The van der Waals surface area contributed by atoms with Crippen LogP contribution in [0.5, 0.6) is 0 Å². The smallest absolute Gasteiger partial charge is 0.328 e. The summed E-state index contributed by atoms with van der Waals surface area (Å²) in [6.45, 7) is 1.71. The predicted molar refractivity (Wildman–Crippen MR) is 74.0 cm³/mol. The fraction of sp³-hybridized carbons (Fsp3) is 0.429. The molecule has 1 N–H and O–H groups in total. The highest BCUT2D eigenvalue weighted by atomic mass is 35.5. The van der Waals surface area contributed by atoms with Gasteiger partial charge >= 0.3 is 5.97 Å². The van der Waals surface area contributed by atoms with Gasteiger partial charge in [0.25, 0.3) is 0 Å². The lowest BCUT2D eigenvalue weighted by Gasteiger charge is -2.18. The first-order valence-corrected chi connectivity index (χ1v) is 6.60. The molecule has 0 saturated heterocycles. The van der Waals surface area contributed by atoms with Gasteiger partial charge in [0.15, 0.2) is 0 Å². The molecule has 1 rings (SSSR count). The maximum atomic E-state index is 11.8. The van der Waals surface area contributed by atoms with E-state index in [2.05, 4.69) is 5.32 Å². The van der Waals surface area contributed by atoms with Crippen LogP contribution in [0.4, 0.5) is 0 Å². The first kappa shape index (κ1) is 15.5. The molecular weight excluding hydrogens is 266 g/mol. The van der Waals surface area contributed by atoms with Crippen LogP contribution in [0.25, 0.3) is 0 Å². The normalized spacial score (nSPS) is 13.4. The lowest BCUT2D eigenvalue weighted by Crippen LogP contribution is -2.45. The number of carbonyl (C=O) groups is 2. The number of rotatable bonds is 6. The van der Waals surface area contributed by atoms with Crippen molar-refractivity contribution in [3.63, 3.8) is 0 Å². The van der Waals surface area contributed by atoms with Crippen LogP contribution in [-0.4, -0.2) is 30.9 Å². The average Bonchev–Trinajstić information content (AvgIpc) is 2.45. The van der Waals surface area contributed by atoms with Crippen molar-refractivity contribution in [1.29, 1.82) is 0 Å². The van der Waals surface area contributed by atoms with Gasteiger partial charge in [0.05, 0.1) is 7.11 Å². The lowest BCUT2D eigenvalue weighted by atomic mass is 10.1. The minimum Gasteiger partial charge on any atom is -0.467 e. The number of hydrogen-bond donors (Lipinski definition) is 1. The Bertz CT molecular complexity index is 422. The van der Waals surface area contributed by atoms with Gasteiger partial charge in [0.1, 0.15) is 6.04 Å². The number of benzene rings is 1. The quantitative estimate of drug-likeness (QED) is 0.639. The van der Waals surface area contributed by atoms with Crippen LogP contribution in [-0.2, 0) is 20.7 Å². The number of hydrogen-bond acceptors (Lipinski definition) is 3. The summed E-state index contributed by atoms with van der Waals surface area (Å²) in [4.78, 5) is 23.5. The maximum Gasteiger partial charge on any atom is 0.328 e. The highest BCUT2D eigenvalue weighted by Crippen LogP contribution is 2.06. The van der Waals surface area contributed by atoms with Gasteiger partial charge in [-0.05, 0) is 5.56 Å². The molecule has 2 atom stereocenters. The number of carbonyl (C=O) groups excluding carboxylic acids is 2. The number of esters is 1. The fourth-order valence-electron chi connectivity index (χ4n) is 1.57. The first-order valence-electron chi connectivity index (χ1n) is 6.06. The summed E-state index contributed by atoms with van der Waals surface area (Å²) in [5, 5.41) is 2.67. The summed E-state index contributed by atoms with van der Waals surface area (Å²) in [6.07, 6.45) is 0.397. The SMILES string of the molecule is COC(=O)C(Cc1ccccc1)NC(=O)C(C)CCl. The lowest BCUT2D eigenvalue weighted by molar-refractivity contribution is -0.145. The highest BCUT2D eigenvalue weighted by molar-refractivity contribution is 6.19. The van der Waals surface area contributed by atoms with Crippen molar-refractivity contribution in [1.82, 2.24) is 5.32 Å². The van der Waals surface area contributed by atoms with E-state index in [1.54, 1.807) is 6.92 Å². The zero-order valence-corrected chi connectivity index (χ0v) is 11.8. The van der Waals surface area contributed by atoms with Gasteiger partial charge in [-0.3, -0.25) is 4.79 Å². The summed E-state index contributed by atoms with van der Waals surface area (Å²) in [5.74, 6) is -0.838. The number of nitrogens with one attached hydrogen (secondary N) is 1. The standard InChI is InChI=1S/C14H18ClNO3/c1-10(9-15)13(17)16-12(14(18)19-2)8-11-6-4-3-5-7-11/h3-7,10,12H,8-9H2,1-2H3,(H,16,17). The molecule has 0 aliphatic rings. The Morgan fingerprint density at radius 3 is 2.47 bits per heavy atom. The third-order valence-corrected chi connectivity index (χ3v) is 3.23. The van der Waals surface area contributed by atoms with E-state index in [1.165, 1.54) is 7.11 Å². The summed E-state index contributed by atoms with van der Waals surface area (Å²) >= 11 is 5.63. The molecule has 1 amide bonds. The van der Waals surface area contributed by atoms with E-state index in [4.69, 9.17) is 16.3 Å². The zero-order valence-electron chi connectivity index (χ0n) is 11.1. The van der Waals surface area contributed by atoms with Crippen LogP contribution in [0, 0.1) is 5.92 Å². The monoisotopic (exact) mass is 283 g/mol. The van der Waals surface area contributed by atoms with Crippen molar-refractivity contribution >= 4 is 23.5 Å². The van der Waals surface area contributed by atoms with Crippen LogP contribution < -0.4 is 5.32 Å². The Hall–Kier alpha value is -1.55. The van der Waals surface area contributed by atoms with Crippen molar-refractivity contribution in [2.75, 3.05) is 13.0 Å². The molecule has 0 heterocycles. The molecule has 0 saturated carbocycles. The molecule has 0 aliphatic carbocycles.